The van der Waals surface area contributed by atoms with E-state index in [1.165, 1.54) is 11.0 Å². The minimum atomic E-state index is -2.90. The lowest BCUT2D eigenvalue weighted by molar-refractivity contribution is -0.385. The molecule has 0 radical (unpaired) electrons. The molecule has 0 bridgehead atoms. The van der Waals surface area contributed by atoms with Crippen molar-refractivity contribution in [1.82, 2.24) is 0 Å². The van der Waals surface area contributed by atoms with Gasteiger partial charge in [0.15, 0.2) is 6.10 Å². The number of carbonyl (C=O) groups is 1. The third-order valence-corrected chi connectivity index (χ3v) is 3.14. The summed E-state index contributed by atoms with van der Waals surface area (Å²) in [4.78, 5) is 22.2. The molecule has 1 atom stereocenters. The molecule has 7 nitrogen and oxygen atoms in total. The van der Waals surface area contributed by atoms with E-state index in [1.54, 1.807) is 0 Å². The Morgan fingerprint density at radius 3 is 2.81 bits per heavy atom. The highest BCUT2D eigenvalue weighted by Gasteiger charge is 2.29. The van der Waals surface area contributed by atoms with E-state index in [0.29, 0.717) is 0 Å². The molecule has 1 saturated heterocycles. The smallest absolute Gasteiger partial charge is 0.334 e. The lowest BCUT2D eigenvalue weighted by Gasteiger charge is -2.33. The molecule has 1 fully saturated rings. The van der Waals surface area contributed by atoms with Crippen molar-refractivity contribution in [2.45, 2.75) is 12.5 Å². The molecule has 1 aromatic rings. The van der Waals surface area contributed by atoms with Crippen LogP contribution in [0, 0.1) is 10.1 Å². The predicted octanol–water partition coefficient (Wildman–Crippen LogP) is 1.82. The van der Waals surface area contributed by atoms with E-state index in [-0.39, 0.29) is 25.4 Å². The SMILES string of the molecule is O=C(O)C1CN(c2ccc([N+](=O)[O-])cc2C(F)F)CCO1. The van der Waals surface area contributed by atoms with Gasteiger partial charge in [-0.25, -0.2) is 13.6 Å². The number of hydrogen-bond donors (Lipinski definition) is 1. The molecule has 21 heavy (non-hydrogen) atoms. The number of halogens is 2. The van der Waals surface area contributed by atoms with Gasteiger partial charge >= 0.3 is 5.97 Å². The van der Waals surface area contributed by atoms with Gasteiger partial charge in [-0.05, 0) is 6.07 Å². The Morgan fingerprint density at radius 1 is 1.52 bits per heavy atom. The number of morpholine rings is 1. The number of carboxylic acid groups (broad SMARTS) is 1. The van der Waals surface area contributed by atoms with Crippen molar-refractivity contribution in [3.63, 3.8) is 0 Å². The van der Waals surface area contributed by atoms with Crippen molar-refractivity contribution in [3.05, 3.63) is 33.9 Å². The number of nitrogens with zero attached hydrogens (tertiary/aromatic N) is 2. The second-order valence-electron chi connectivity index (χ2n) is 4.44. The number of benzene rings is 1. The molecule has 1 aromatic carbocycles. The van der Waals surface area contributed by atoms with Gasteiger partial charge in [0.1, 0.15) is 0 Å². The van der Waals surface area contributed by atoms with Gasteiger partial charge in [-0.2, -0.15) is 0 Å². The van der Waals surface area contributed by atoms with Gasteiger partial charge < -0.3 is 14.7 Å². The molecule has 0 aromatic heterocycles. The van der Waals surface area contributed by atoms with E-state index in [9.17, 15) is 23.7 Å². The summed E-state index contributed by atoms with van der Waals surface area (Å²) in [6, 6.07) is 3.14. The van der Waals surface area contributed by atoms with Gasteiger partial charge in [-0.15, -0.1) is 0 Å². The Balaban J connectivity index is 2.34. The number of alkyl halides is 2. The first-order valence-corrected chi connectivity index (χ1v) is 6.06. The van der Waals surface area contributed by atoms with Crippen LogP contribution in [0.1, 0.15) is 12.0 Å². The first kappa shape index (κ1) is 15.1. The Bertz CT molecular complexity index is 567. The fourth-order valence-corrected chi connectivity index (χ4v) is 2.14. The summed E-state index contributed by atoms with van der Waals surface area (Å²) in [5.74, 6) is -1.18. The van der Waals surface area contributed by atoms with Crippen LogP contribution < -0.4 is 4.90 Å². The number of aliphatic carboxylic acids is 1. The maximum Gasteiger partial charge on any atom is 0.334 e. The summed E-state index contributed by atoms with van der Waals surface area (Å²) in [7, 11) is 0. The van der Waals surface area contributed by atoms with Crippen LogP contribution in [-0.2, 0) is 9.53 Å². The van der Waals surface area contributed by atoms with Crippen molar-refractivity contribution >= 4 is 17.3 Å². The molecule has 1 heterocycles. The zero-order valence-electron chi connectivity index (χ0n) is 10.7. The van der Waals surface area contributed by atoms with Crippen molar-refractivity contribution < 1.29 is 28.3 Å². The van der Waals surface area contributed by atoms with E-state index in [2.05, 4.69) is 0 Å². The van der Waals surface area contributed by atoms with Crippen LogP contribution in [0.3, 0.4) is 0 Å². The van der Waals surface area contributed by atoms with Crippen LogP contribution in [0.5, 0.6) is 0 Å². The number of ether oxygens (including phenoxy) is 1. The van der Waals surface area contributed by atoms with Crippen molar-refractivity contribution in [3.8, 4) is 0 Å². The van der Waals surface area contributed by atoms with Gasteiger partial charge in [0.05, 0.1) is 18.1 Å². The lowest BCUT2D eigenvalue weighted by atomic mass is 10.1. The molecule has 9 heteroatoms. The Hall–Kier alpha value is -2.29. The summed E-state index contributed by atoms with van der Waals surface area (Å²) in [6.07, 6.45) is -4.01. The average Bonchev–Trinajstić information content (AvgIpc) is 2.46. The van der Waals surface area contributed by atoms with Gasteiger partial charge in [0.2, 0.25) is 0 Å². The van der Waals surface area contributed by atoms with Crippen LogP contribution in [0.25, 0.3) is 0 Å². The zero-order valence-corrected chi connectivity index (χ0v) is 10.7. The fraction of sp³-hybridized carbons (Fsp3) is 0.417. The number of rotatable bonds is 4. The van der Waals surface area contributed by atoms with E-state index in [4.69, 9.17) is 9.84 Å². The normalized spacial score (nSPS) is 18.8. The Morgan fingerprint density at radius 2 is 2.24 bits per heavy atom. The standard InChI is InChI=1S/C12H12F2N2O5/c13-11(14)8-5-7(16(19)20)1-2-9(8)15-3-4-21-10(6-15)12(17)18/h1-2,5,10-11H,3-4,6H2,(H,17,18). The monoisotopic (exact) mass is 302 g/mol. The third-order valence-electron chi connectivity index (χ3n) is 3.14. The number of nitro groups is 1. The number of carboxylic acids is 1. The molecular formula is C12H12F2N2O5. The maximum atomic E-state index is 13.1. The number of hydrogen-bond acceptors (Lipinski definition) is 5. The predicted molar refractivity (Wildman–Crippen MR) is 67.6 cm³/mol. The maximum absolute atomic E-state index is 13.1. The first-order chi connectivity index (χ1) is 9.90. The molecule has 1 N–H and O–H groups in total. The first-order valence-electron chi connectivity index (χ1n) is 6.06. The largest absolute Gasteiger partial charge is 0.479 e. The van der Waals surface area contributed by atoms with Crippen molar-refractivity contribution in [2.24, 2.45) is 0 Å². The van der Waals surface area contributed by atoms with Gasteiger partial charge in [0.25, 0.3) is 12.1 Å². The highest BCUT2D eigenvalue weighted by atomic mass is 19.3. The quantitative estimate of drug-likeness (QED) is 0.673. The van der Waals surface area contributed by atoms with Crippen molar-refractivity contribution in [2.75, 3.05) is 24.6 Å². The molecule has 1 aliphatic heterocycles. The van der Waals surface area contributed by atoms with Crippen LogP contribution >= 0.6 is 0 Å². The van der Waals surface area contributed by atoms with Crippen LogP contribution in [-0.4, -0.2) is 41.8 Å². The van der Waals surface area contributed by atoms with E-state index in [0.717, 1.165) is 12.1 Å². The number of non-ortho nitro benzene ring substituents is 1. The summed E-state index contributed by atoms with van der Waals surface area (Å²) in [5, 5.41) is 19.6. The molecule has 1 aliphatic rings. The molecule has 0 amide bonds. The highest BCUT2D eigenvalue weighted by molar-refractivity contribution is 5.74. The topological polar surface area (TPSA) is 92.9 Å². The van der Waals surface area contributed by atoms with Gasteiger partial charge in [-0.1, -0.05) is 0 Å². The molecule has 0 spiro atoms. The molecule has 0 aliphatic carbocycles. The number of anilines is 1. The summed E-state index contributed by atoms with van der Waals surface area (Å²) in [5.41, 5.74) is -0.836. The van der Waals surface area contributed by atoms with Crippen LogP contribution in [0.15, 0.2) is 18.2 Å². The minimum Gasteiger partial charge on any atom is -0.479 e. The van der Waals surface area contributed by atoms with E-state index in [1.807, 2.05) is 0 Å². The molecule has 0 saturated carbocycles. The molecule has 2 rings (SSSR count). The zero-order chi connectivity index (χ0) is 15.6. The highest BCUT2D eigenvalue weighted by Crippen LogP contribution is 2.33. The van der Waals surface area contributed by atoms with Crippen LogP contribution in [0.4, 0.5) is 20.2 Å². The van der Waals surface area contributed by atoms with Gasteiger partial charge in [-0.3, -0.25) is 10.1 Å². The summed E-state index contributed by atoms with van der Waals surface area (Å²) >= 11 is 0. The summed E-state index contributed by atoms with van der Waals surface area (Å²) < 4.78 is 31.2. The van der Waals surface area contributed by atoms with Crippen LogP contribution in [0.2, 0.25) is 0 Å². The molecule has 1 unspecified atom stereocenters. The fourth-order valence-electron chi connectivity index (χ4n) is 2.14. The van der Waals surface area contributed by atoms with E-state index < -0.39 is 34.7 Å². The second kappa shape index (κ2) is 6.00. The Kier molecular flexibility index (Phi) is 4.32. The Labute approximate surface area is 117 Å². The number of nitro benzene ring substituents is 1. The third kappa shape index (κ3) is 3.24. The average molecular weight is 302 g/mol. The minimum absolute atomic E-state index is 0.0800. The van der Waals surface area contributed by atoms with Crippen molar-refractivity contribution in [1.29, 1.82) is 0 Å². The molecular weight excluding hydrogens is 290 g/mol. The van der Waals surface area contributed by atoms with Gasteiger partial charge in [0, 0.05) is 29.9 Å². The van der Waals surface area contributed by atoms with E-state index >= 15 is 0 Å². The lowest BCUT2D eigenvalue weighted by Crippen LogP contribution is -2.46. The second-order valence-corrected chi connectivity index (χ2v) is 4.44. The summed E-state index contributed by atoms with van der Waals surface area (Å²) in [6.45, 7) is 0.227. The molecule has 114 valence electrons.